The highest BCUT2D eigenvalue weighted by molar-refractivity contribution is 6.43. The van der Waals surface area contributed by atoms with Crippen molar-refractivity contribution in [3.8, 4) is 5.75 Å². The number of carbonyl (C=O) groups excluding carboxylic acids is 2. The van der Waals surface area contributed by atoms with Crippen molar-refractivity contribution in [3.63, 3.8) is 0 Å². The Morgan fingerprint density at radius 2 is 1.92 bits per heavy atom. The van der Waals surface area contributed by atoms with Crippen LogP contribution in [0.3, 0.4) is 0 Å². The Bertz CT molecular complexity index is 366. The van der Waals surface area contributed by atoms with Gasteiger partial charge in [0.1, 0.15) is 5.75 Å². The van der Waals surface area contributed by atoms with E-state index in [2.05, 4.69) is 0 Å². The van der Waals surface area contributed by atoms with Gasteiger partial charge in [-0.05, 0) is 24.6 Å². The van der Waals surface area contributed by atoms with E-state index in [4.69, 9.17) is 5.11 Å². The molecule has 0 aliphatic rings. The smallest absolute Gasteiger partial charge is 0.228 e. The van der Waals surface area contributed by atoms with Gasteiger partial charge < -0.3 is 5.11 Å². The van der Waals surface area contributed by atoms with Crippen molar-refractivity contribution < 1.29 is 14.7 Å². The van der Waals surface area contributed by atoms with Crippen molar-refractivity contribution >= 4 is 11.6 Å². The first kappa shape index (κ1) is 9.45. The summed E-state index contributed by atoms with van der Waals surface area (Å²) in [4.78, 5) is 22.0. The van der Waals surface area contributed by atoms with Gasteiger partial charge in [0.2, 0.25) is 5.78 Å². The van der Waals surface area contributed by atoms with E-state index < -0.39 is 11.6 Å². The van der Waals surface area contributed by atoms with E-state index in [0.717, 1.165) is 0 Å². The zero-order valence-corrected chi connectivity index (χ0v) is 7.50. The van der Waals surface area contributed by atoms with Crippen LogP contribution >= 0.6 is 0 Å². The van der Waals surface area contributed by atoms with Gasteiger partial charge in [0.25, 0.3) is 0 Å². The normalized spacial score (nSPS) is 9.69. The lowest BCUT2D eigenvalue weighted by molar-refractivity contribution is -0.113. The molecule has 3 nitrogen and oxygen atoms in total. The number of ketones is 2. The third kappa shape index (κ3) is 1.93. The number of aryl methyl sites for hydroxylation is 1. The fourth-order valence-corrected chi connectivity index (χ4v) is 1.04. The Balaban J connectivity index is 3.21. The molecule has 68 valence electrons. The molecule has 0 aliphatic heterocycles. The second-order valence-corrected chi connectivity index (χ2v) is 2.88. The largest absolute Gasteiger partial charge is 0.508 e. The van der Waals surface area contributed by atoms with E-state index in [9.17, 15) is 9.59 Å². The topological polar surface area (TPSA) is 54.4 Å². The van der Waals surface area contributed by atoms with Crippen molar-refractivity contribution in [2.24, 2.45) is 0 Å². The van der Waals surface area contributed by atoms with Crippen molar-refractivity contribution in [1.29, 1.82) is 0 Å². The number of hydrogen-bond acceptors (Lipinski definition) is 3. The third-order valence-corrected chi connectivity index (χ3v) is 1.79. The number of carbonyl (C=O) groups is 2. The highest BCUT2D eigenvalue weighted by Gasteiger charge is 2.13. The van der Waals surface area contributed by atoms with Crippen molar-refractivity contribution in [1.82, 2.24) is 0 Å². The van der Waals surface area contributed by atoms with E-state index in [1.165, 1.54) is 19.1 Å². The highest BCUT2D eigenvalue weighted by atomic mass is 16.3. The van der Waals surface area contributed by atoms with Crippen LogP contribution in [0.2, 0.25) is 0 Å². The second kappa shape index (κ2) is 3.39. The van der Waals surface area contributed by atoms with Gasteiger partial charge >= 0.3 is 0 Å². The number of phenols is 1. The Morgan fingerprint density at radius 1 is 1.31 bits per heavy atom. The first-order valence-corrected chi connectivity index (χ1v) is 3.87. The molecule has 0 unspecified atom stereocenters. The predicted molar refractivity (Wildman–Crippen MR) is 47.9 cm³/mol. The molecule has 0 heterocycles. The highest BCUT2D eigenvalue weighted by Crippen LogP contribution is 2.16. The van der Waals surface area contributed by atoms with E-state index in [0.29, 0.717) is 5.56 Å². The zero-order valence-electron chi connectivity index (χ0n) is 7.50. The summed E-state index contributed by atoms with van der Waals surface area (Å²) in [6.07, 6.45) is 0. The lowest BCUT2D eigenvalue weighted by Crippen LogP contribution is -2.11. The molecule has 0 fully saturated rings. The van der Waals surface area contributed by atoms with Crippen molar-refractivity contribution in [2.75, 3.05) is 0 Å². The van der Waals surface area contributed by atoms with Crippen LogP contribution in [-0.2, 0) is 4.79 Å². The van der Waals surface area contributed by atoms with Crippen LogP contribution in [0.25, 0.3) is 0 Å². The van der Waals surface area contributed by atoms with E-state index in [1.54, 1.807) is 13.0 Å². The molecule has 0 saturated heterocycles. The monoisotopic (exact) mass is 178 g/mol. The Morgan fingerprint density at radius 3 is 2.46 bits per heavy atom. The van der Waals surface area contributed by atoms with Crippen LogP contribution in [0.5, 0.6) is 5.75 Å². The van der Waals surface area contributed by atoms with Crippen molar-refractivity contribution in [3.05, 3.63) is 29.3 Å². The summed E-state index contributed by atoms with van der Waals surface area (Å²) in [5.74, 6) is -1.09. The standard InChI is InChI=1S/C10H10O3/c1-6-3-4-8(12)5-9(6)10(13)7(2)11/h3-5,12H,1-2H3. The number of phenolic OH excluding ortho intramolecular Hbond substituents is 1. The average Bonchev–Trinajstić information content (AvgIpc) is 2.08. The molecule has 0 aliphatic carbocycles. The number of rotatable bonds is 2. The van der Waals surface area contributed by atoms with Gasteiger partial charge in [-0.3, -0.25) is 9.59 Å². The van der Waals surface area contributed by atoms with Crippen LogP contribution in [0.1, 0.15) is 22.8 Å². The fraction of sp³-hybridized carbons (Fsp3) is 0.200. The van der Waals surface area contributed by atoms with E-state index >= 15 is 0 Å². The summed E-state index contributed by atoms with van der Waals surface area (Å²) < 4.78 is 0. The molecule has 1 aromatic carbocycles. The van der Waals surface area contributed by atoms with Gasteiger partial charge in [0.05, 0.1) is 0 Å². The maximum Gasteiger partial charge on any atom is 0.228 e. The van der Waals surface area contributed by atoms with Gasteiger partial charge in [-0.25, -0.2) is 0 Å². The Kier molecular flexibility index (Phi) is 2.46. The molecule has 0 atom stereocenters. The maximum absolute atomic E-state index is 11.3. The van der Waals surface area contributed by atoms with Crippen LogP contribution in [-0.4, -0.2) is 16.7 Å². The molecule has 1 N–H and O–H groups in total. The molecule has 0 radical (unpaired) electrons. The molecule has 0 amide bonds. The molecular formula is C10H10O3. The van der Waals surface area contributed by atoms with Crippen molar-refractivity contribution in [2.45, 2.75) is 13.8 Å². The van der Waals surface area contributed by atoms with Crippen LogP contribution in [0.15, 0.2) is 18.2 Å². The van der Waals surface area contributed by atoms with Gasteiger partial charge in [0, 0.05) is 12.5 Å². The second-order valence-electron chi connectivity index (χ2n) is 2.88. The molecular weight excluding hydrogens is 168 g/mol. The van der Waals surface area contributed by atoms with E-state index in [-0.39, 0.29) is 11.3 Å². The predicted octanol–water partition coefficient (Wildman–Crippen LogP) is 1.47. The quantitative estimate of drug-likeness (QED) is 0.551. The molecule has 0 spiro atoms. The number of benzene rings is 1. The minimum Gasteiger partial charge on any atom is -0.508 e. The third-order valence-electron chi connectivity index (χ3n) is 1.79. The van der Waals surface area contributed by atoms with Gasteiger partial charge in [0.15, 0.2) is 5.78 Å². The molecule has 1 rings (SSSR count). The van der Waals surface area contributed by atoms with Crippen LogP contribution in [0.4, 0.5) is 0 Å². The first-order chi connectivity index (χ1) is 6.02. The molecule has 1 aromatic rings. The summed E-state index contributed by atoms with van der Waals surface area (Å²) >= 11 is 0. The molecule has 13 heavy (non-hydrogen) atoms. The number of hydrogen-bond donors (Lipinski definition) is 1. The summed E-state index contributed by atoms with van der Waals surface area (Å²) in [6, 6.07) is 4.39. The average molecular weight is 178 g/mol. The summed E-state index contributed by atoms with van der Waals surface area (Å²) in [5.41, 5.74) is 0.963. The minimum atomic E-state index is -0.562. The first-order valence-electron chi connectivity index (χ1n) is 3.87. The van der Waals surface area contributed by atoms with Crippen LogP contribution < -0.4 is 0 Å². The van der Waals surface area contributed by atoms with Gasteiger partial charge in [-0.15, -0.1) is 0 Å². The Labute approximate surface area is 76.0 Å². The minimum absolute atomic E-state index is 0.00444. The maximum atomic E-state index is 11.3. The lowest BCUT2D eigenvalue weighted by atomic mass is 10.0. The molecule has 3 heteroatoms. The number of aromatic hydroxyl groups is 1. The zero-order chi connectivity index (χ0) is 10.0. The SMILES string of the molecule is CC(=O)C(=O)c1cc(O)ccc1C. The Hall–Kier alpha value is -1.64. The summed E-state index contributed by atoms with van der Waals surface area (Å²) in [7, 11) is 0. The summed E-state index contributed by atoms with van der Waals surface area (Å²) in [5, 5.41) is 9.10. The molecule has 0 bridgehead atoms. The number of Topliss-reactive ketones (excluding diaryl/α,β-unsaturated/α-hetero) is 2. The van der Waals surface area contributed by atoms with Gasteiger partial charge in [-0.1, -0.05) is 6.07 Å². The summed E-state index contributed by atoms with van der Waals surface area (Å²) in [6.45, 7) is 2.93. The van der Waals surface area contributed by atoms with Crippen LogP contribution in [0, 0.1) is 6.92 Å². The van der Waals surface area contributed by atoms with Gasteiger partial charge in [-0.2, -0.15) is 0 Å². The molecule has 0 aromatic heterocycles. The lowest BCUT2D eigenvalue weighted by Gasteiger charge is -2.02. The fourth-order valence-electron chi connectivity index (χ4n) is 1.04. The van der Waals surface area contributed by atoms with E-state index in [1.807, 2.05) is 0 Å². The molecule has 0 saturated carbocycles.